The van der Waals surface area contributed by atoms with Gasteiger partial charge in [-0.15, -0.1) is 11.8 Å². The number of hydrogen-bond acceptors (Lipinski definition) is 3. The standard InChI is InChI=1S/C23H30N2O2S/c1-5-21(23(27)24-4)25(14-20-8-6-7-18(3)13-20)22(26)16-28-15-19-11-9-17(2)10-12-19/h6-13,21H,5,14-16H2,1-4H3,(H,24,27)/t21-/m1/s1. The third-order valence-electron chi connectivity index (χ3n) is 4.68. The van der Waals surface area contributed by atoms with Gasteiger partial charge < -0.3 is 10.2 Å². The van der Waals surface area contributed by atoms with E-state index >= 15 is 0 Å². The molecule has 0 aliphatic rings. The minimum Gasteiger partial charge on any atom is -0.357 e. The molecule has 0 unspecified atom stereocenters. The molecule has 0 aliphatic heterocycles. The lowest BCUT2D eigenvalue weighted by molar-refractivity contribution is -0.139. The van der Waals surface area contributed by atoms with Crippen LogP contribution < -0.4 is 5.32 Å². The molecule has 0 heterocycles. The van der Waals surface area contributed by atoms with E-state index in [4.69, 9.17) is 0 Å². The minimum atomic E-state index is -0.460. The molecular weight excluding hydrogens is 368 g/mol. The fraction of sp³-hybridized carbons (Fsp3) is 0.391. The zero-order valence-electron chi connectivity index (χ0n) is 17.2. The van der Waals surface area contributed by atoms with Gasteiger partial charge in [0.2, 0.25) is 11.8 Å². The van der Waals surface area contributed by atoms with Crippen LogP contribution in [0.25, 0.3) is 0 Å². The second-order valence-electron chi connectivity index (χ2n) is 7.03. The number of likely N-dealkylation sites (N-methyl/N-ethyl adjacent to an activating group) is 1. The fourth-order valence-corrected chi connectivity index (χ4v) is 3.99. The van der Waals surface area contributed by atoms with Crippen molar-refractivity contribution in [1.82, 2.24) is 10.2 Å². The van der Waals surface area contributed by atoms with Gasteiger partial charge in [0.25, 0.3) is 0 Å². The summed E-state index contributed by atoms with van der Waals surface area (Å²) in [6.45, 7) is 6.48. The van der Waals surface area contributed by atoms with Crippen LogP contribution in [0.3, 0.4) is 0 Å². The Labute approximate surface area is 172 Å². The first-order valence-electron chi connectivity index (χ1n) is 9.64. The Morgan fingerprint density at radius 2 is 1.75 bits per heavy atom. The highest BCUT2D eigenvalue weighted by atomic mass is 32.2. The van der Waals surface area contributed by atoms with Crippen molar-refractivity contribution in [1.29, 1.82) is 0 Å². The summed E-state index contributed by atoms with van der Waals surface area (Å²) in [5.41, 5.74) is 4.61. The van der Waals surface area contributed by atoms with Crippen molar-refractivity contribution in [3.05, 3.63) is 70.8 Å². The highest BCUT2D eigenvalue weighted by molar-refractivity contribution is 7.99. The SMILES string of the molecule is CC[C@H](C(=O)NC)N(Cc1cccc(C)c1)C(=O)CSCc1ccc(C)cc1. The predicted molar refractivity (Wildman–Crippen MR) is 117 cm³/mol. The van der Waals surface area contributed by atoms with E-state index in [-0.39, 0.29) is 11.8 Å². The van der Waals surface area contributed by atoms with Crippen LogP contribution in [-0.2, 0) is 21.9 Å². The molecule has 2 aromatic rings. The van der Waals surface area contributed by atoms with Crippen LogP contribution in [-0.4, -0.2) is 35.6 Å². The highest BCUT2D eigenvalue weighted by Crippen LogP contribution is 2.18. The van der Waals surface area contributed by atoms with E-state index in [2.05, 4.69) is 42.6 Å². The maximum Gasteiger partial charge on any atom is 0.242 e. The second-order valence-corrected chi connectivity index (χ2v) is 8.01. The average molecular weight is 399 g/mol. The Balaban J connectivity index is 2.08. The molecular formula is C23H30N2O2S. The van der Waals surface area contributed by atoms with E-state index in [1.165, 1.54) is 11.1 Å². The Hall–Kier alpha value is -2.27. The van der Waals surface area contributed by atoms with Crippen LogP contribution in [0.5, 0.6) is 0 Å². The first-order chi connectivity index (χ1) is 13.4. The van der Waals surface area contributed by atoms with Crippen molar-refractivity contribution in [3.63, 3.8) is 0 Å². The molecule has 2 amide bonds. The van der Waals surface area contributed by atoms with Crippen LogP contribution >= 0.6 is 11.8 Å². The predicted octanol–water partition coefficient (Wildman–Crippen LogP) is 4.09. The molecule has 0 spiro atoms. The number of benzene rings is 2. The summed E-state index contributed by atoms with van der Waals surface area (Å²) in [7, 11) is 1.62. The van der Waals surface area contributed by atoms with Crippen molar-refractivity contribution in [2.45, 2.75) is 45.5 Å². The molecule has 150 valence electrons. The molecule has 1 N–H and O–H groups in total. The summed E-state index contributed by atoms with van der Waals surface area (Å²) < 4.78 is 0. The van der Waals surface area contributed by atoms with Crippen molar-refractivity contribution in [2.75, 3.05) is 12.8 Å². The number of carbonyl (C=O) groups excluding carboxylic acids is 2. The first kappa shape index (κ1) is 22.0. The molecule has 1 atom stereocenters. The van der Waals surface area contributed by atoms with Gasteiger partial charge in [0.1, 0.15) is 6.04 Å². The Morgan fingerprint density at radius 1 is 1.04 bits per heavy atom. The number of hydrogen-bond donors (Lipinski definition) is 1. The van der Waals surface area contributed by atoms with Gasteiger partial charge in [0.05, 0.1) is 5.75 Å². The van der Waals surface area contributed by atoms with Gasteiger partial charge in [0.15, 0.2) is 0 Å². The average Bonchev–Trinajstić information content (AvgIpc) is 2.69. The molecule has 2 aromatic carbocycles. The largest absolute Gasteiger partial charge is 0.357 e. The maximum atomic E-state index is 13.0. The smallest absolute Gasteiger partial charge is 0.242 e. The summed E-state index contributed by atoms with van der Waals surface area (Å²) in [4.78, 5) is 27.1. The molecule has 2 rings (SSSR count). The number of aryl methyl sites for hydroxylation is 2. The van der Waals surface area contributed by atoms with Gasteiger partial charge in [0, 0.05) is 19.3 Å². The van der Waals surface area contributed by atoms with E-state index in [1.54, 1.807) is 23.7 Å². The Kier molecular flexibility index (Phi) is 8.58. The number of nitrogens with one attached hydrogen (secondary N) is 1. The summed E-state index contributed by atoms with van der Waals surface area (Å²) in [6, 6.07) is 16.0. The van der Waals surface area contributed by atoms with Gasteiger partial charge >= 0.3 is 0 Å². The lowest BCUT2D eigenvalue weighted by Gasteiger charge is -2.30. The molecule has 0 aromatic heterocycles. The van der Waals surface area contributed by atoms with Crippen molar-refractivity contribution in [3.8, 4) is 0 Å². The van der Waals surface area contributed by atoms with Gasteiger partial charge in [-0.25, -0.2) is 0 Å². The fourth-order valence-electron chi connectivity index (χ4n) is 3.12. The van der Waals surface area contributed by atoms with Crippen molar-refractivity contribution in [2.24, 2.45) is 0 Å². The normalized spacial score (nSPS) is 11.7. The van der Waals surface area contributed by atoms with Crippen LogP contribution in [0.15, 0.2) is 48.5 Å². The molecule has 0 bridgehead atoms. The molecule has 0 radical (unpaired) electrons. The zero-order chi connectivity index (χ0) is 20.5. The molecule has 4 nitrogen and oxygen atoms in total. The number of nitrogens with zero attached hydrogens (tertiary/aromatic N) is 1. The van der Waals surface area contributed by atoms with Crippen molar-refractivity contribution >= 4 is 23.6 Å². The van der Waals surface area contributed by atoms with Gasteiger partial charge in [-0.1, -0.05) is 66.6 Å². The number of rotatable bonds is 9. The molecule has 0 aliphatic carbocycles. The molecule has 28 heavy (non-hydrogen) atoms. The first-order valence-corrected chi connectivity index (χ1v) is 10.8. The van der Waals surface area contributed by atoms with Crippen LogP contribution in [0.2, 0.25) is 0 Å². The topological polar surface area (TPSA) is 49.4 Å². The van der Waals surface area contributed by atoms with E-state index in [0.29, 0.717) is 18.7 Å². The molecule has 0 saturated heterocycles. The minimum absolute atomic E-state index is 0.00549. The number of carbonyl (C=O) groups is 2. The Morgan fingerprint density at radius 3 is 2.36 bits per heavy atom. The number of thioether (sulfide) groups is 1. The maximum absolute atomic E-state index is 13.0. The summed E-state index contributed by atoms with van der Waals surface area (Å²) >= 11 is 1.59. The van der Waals surface area contributed by atoms with E-state index in [9.17, 15) is 9.59 Å². The molecule has 0 fully saturated rings. The molecule has 0 saturated carbocycles. The lowest BCUT2D eigenvalue weighted by Crippen LogP contribution is -2.48. The highest BCUT2D eigenvalue weighted by Gasteiger charge is 2.27. The third-order valence-corrected chi connectivity index (χ3v) is 5.67. The van der Waals surface area contributed by atoms with Crippen LogP contribution in [0, 0.1) is 13.8 Å². The van der Waals surface area contributed by atoms with E-state index in [1.807, 2.05) is 32.0 Å². The van der Waals surface area contributed by atoms with Crippen molar-refractivity contribution < 1.29 is 9.59 Å². The van der Waals surface area contributed by atoms with Crippen LogP contribution in [0.1, 0.15) is 35.6 Å². The zero-order valence-corrected chi connectivity index (χ0v) is 18.0. The number of amides is 2. The quantitative estimate of drug-likeness (QED) is 0.692. The van der Waals surface area contributed by atoms with E-state index in [0.717, 1.165) is 16.9 Å². The van der Waals surface area contributed by atoms with Gasteiger partial charge in [-0.05, 0) is 31.4 Å². The Bertz CT molecular complexity index is 789. The molecule has 5 heteroatoms. The lowest BCUT2D eigenvalue weighted by atomic mass is 10.1. The van der Waals surface area contributed by atoms with Crippen LogP contribution in [0.4, 0.5) is 0 Å². The third kappa shape index (κ3) is 6.41. The summed E-state index contributed by atoms with van der Waals surface area (Å²) in [6.07, 6.45) is 0.583. The monoisotopic (exact) mass is 398 g/mol. The summed E-state index contributed by atoms with van der Waals surface area (Å²) in [5, 5.41) is 2.70. The van der Waals surface area contributed by atoms with Gasteiger partial charge in [-0.3, -0.25) is 9.59 Å². The second kappa shape index (κ2) is 10.9. The van der Waals surface area contributed by atoms with E-state index < -0.39 is 6.04 Å². The summed E-state index contributed by atoms with van der Waals surface area (Å²) in [5.74, 6) is 1.01. The van der Waals surface area contributed by atoms with Gasteiger partial charge in [-0.2, -0.15) is 0 Å².